The standard InChI is InChI=1S/C19H25N3O3/c1-13-10-16(21-6-8-25-9-7-21)4-5-17(13)20-19(24)14-11-18(23)22(12-14)15-2-3-15/h4-5,10,14-15H,2-3,6-9,11-12H2,1H3,(H,20,24)/t14-/m0/s1. The number of nitrogens with zero attached hydrogens (tertiary/aromatic N) is 2. The highest BCUT2D eigenvalue weighted by atomic mass is 16.5. The number of aryl methyl sites for hydroxylation is 1. The second kappa shape index (κ2) is 6.67. The van der Waals surface area contributed by atoms with Gasteiger partial charge in [-0.3, -0.25) is 9.59 Å². The summed E-state index contributed by atoms with van der Waals surface area (Å²) in [5, 5.41) is 3.02. The Bertz CT molecular complexity index is 680. The smallest absolute Gasteiger partial charge is 0.229 e. The van der Waals surface area contributed by atoms with E-state index in [9.17, 15) is 9.59 Å². The molecule has 2 saturated heterocycles. The zero-order valence-electron chi connectivity index (χ0n) is 14.7. The second-order valence-electron chi connectivity index (χ2n) is 7.27. The molecular formula is C19H25N3O3. The van der Waals surface area contributed by atoms with Crippen molar-refractivity contribution in [2.45, 2.75) is 32.2 Å². The maximum atomic E-state index is 12.6. The van der Waals surface area contributed by atoms with Crippen LogP contribution < -0.4 is 10.2 Å². The van der Waals surface area contributed by atoms with Gasteiger partial charge in [0.15, 0.2) is 0 Å². The number of rotatable bonds is 4. The Morgan fingerprint density at radius 3 is 2.68 bits per heavy atom. The summed E-state index contributed by atoms with van der Waals surface area (Å²) >= 11 is 0. The monoisotopic (exact) mass is 343 g/mol. The van der Waals surface area contributed by atoms with Crippen molar-refractivity contribution in [1.29, 1.82) is 0 Å². The van der Waals surface area contributed by atoms with E-state index in [-0.39, 0.29) is 17.7 Å². The number of likely N-dealkylation sites (tertiary alicyclic amines) is 1. The lowest BCUT2D eigenvalue weighted by Gasteiger charge is -2.29. The Labute approximate surface area is 148 Å². The number of benzene rings is 1. The molecule has 0 bridgehead atoms. The van der Waals surface area contributed by atoms with Gasteiger partial charge in [-0.05, 0) is 43.5 Å². The van der Waals surface area contributed by atoms with E-state index < -0.39 is 0 Å². The van der Waals surface area contributed by atoms with Gasteiger partial charge in [0.25, 0.3) is 0 Å². The third-order valence-corrected chi connectivity index (χ3v) is 5.36. The Morgan fingerprint density at radius 2 is 2.00 bits per heavy atom. The van der Waals surface area contributed by atoms with Crippen molar-refractivity contribution in [3.8, 4) is 0 Å². The fourth-order valence-corrected chi connectivity index (χ4v) is 3.69. The molecule has 6 nitrogen and oxygen atoms in total. The number of ether oxygens (including phenoxy) is 1. The van der Waals surface area contributed by atoms with Gasteiger partial charge in [0.05, 0.1) is 19.1 Å². The van der Waals surface area contributed by atoms with Gasteiger partial charge in [-0.15, -0.1) is 0 Å². The molecule has 1 N–H and O–H groups in total. The highest BCUT2D eigenvalue weighted by molar-refractivity contribution is 5.98. The average molecular weight is 343 g/mol. The van der Waals surface area contributed by atoms with Gasteiger partial charge in [-0.1, -0.05) is 0 Å². The van der Waals surface area contributed by atoms with E-state index in [1.165, 1.54) is 0 Å². The van der Waals surface area contributed by atoms with Crippen LogP contribution in [0.5, 0.6) is 0 Å². The third kappa shape index (κ3) is 3.49. The van der Waals surface area contributed by atoms with E-state index in [1.807, 2.05) is 24.0 Å². The van der Waals surface area contributed by atoms with Gasteiger partial charge >= 0.3 is 0 Å². The number of anilines is 2. The first-order chi connectivity index (χ1) is 12.1. The van der Waals surface area contributed by atoms with Crippen molar-refractivity contribution in [3.63, 3.8) is 0 Å². The van der Waals surface area contributed by atoms with Crippen molar-refractivity contribution in [3.05, 3.63) is 23.8 Å². The highest BCUT2D eigenvalue weighted by Crippen LogP contribution is 2.33. The maximum absolute atomic E-state index is 12.6. The Hall–Kier alpha value is -2.08. The second-order valence-corrected chi connectivity index (χ2v) is 7.27. The van der Waals surface area contributed by atoms with Crippen LogP contribution in [0, 0.1) is 12.8 Å². The predicted octanol–water partition coefficient (Wildman–Crippen LogP) is 1.78. The molecule has 0 aromatic heterocycles. The number of hydrogen-bond donors (Lipinski definition) is 1. The molecule has 1 aromatic rings. The number of carbonyl (C=O) groups excluding carboxylic acids is 2. The first kappa shape index (κ1) is 16.4. The predicted molar refractivity (Wildman–Crippen MR) is 95.7 cm³/mol. The van der Waals surface area contributed by atoms with Gasteiger partial charge in [-0.2, -0.15) is 0 Å². The topological polar surface area (TPSA) is 61.9 Å². The van der Waals surface area contributed by atoms with Crippen molar-refractivity contribution in [2.75, 3.05) is 43.1 Å². The van der Waals surface area contributed by atoms with Gasteiger partial charge in [0.1, 0.15) is 0 Å². The van der Waals surface area contributed by atoms with Gasteiger partial charge in [0.2, 0.25) is 11.8 Å². The number of nitrogens with one attached hydrogen (secondary N) is 1. The number of hydrogen-bond acceptors (Lipinski definition) is 4. The van der Waals surface area contributed by atoms with Gasteiger partial charge < -0.3 is 19.9 Å². The normalized spacial score (nSPS) is 23.9. The summed E-state index contributed by atoms with van der Waals surface area (Å²) in [7, 11) is 0. The largest absolute Gasteiger partial charge is 0.378 e. The summed E-state index contributed by atoms with van der Waals surface area (Å²) in [4.78, 5) is 28.8. The maximum Gasteiger partial charge on any atom is 0.229 e. The van der Waals surface area contributed by atoms with Crippen LogP contribution in [0.1, 0.15) is 24.8 Å². The van der Waals surface area contributed by atoms with Crippen LogP contribution in [-0.2, 0) is 14.3 Å². The Balaban J connectivity index is 1.40. The Morgan fingerprint density at radius 1 is 1.24 bits per heavy atom. The molecule has 6 heteroatoms. The van der Waals surface area contributed by atoms with Crippen LogP contribution in [0.25, 0.3) is 0 Å². The minimum absolute atomic E-state index is 0.0428. The molecule has 4 rings (SSSR count). The van der Waals surface area contributed by atoms with E-state index >= 15 is 0 Å². The summed E-state index contributed by atoms with van der Waals surface area (Å²) in [6, 6.07) is 6.51. The molecule has 1 saturated carbocycles. The van der Waals surface area contributed by atoms with E-state index in [0.717, 1.165) is 56.1 Å². The molecule has 0 unspecified atom stereocenters. The van der Waals surface area contributed by atoms with Crippen molar-refractivity contribution >= 4 is 23.2 Å². The van der Waals surface area contributed by atoms with Crippen LogP contribution in [-0.4, -0.2) is 55.6 Å². The summed E-state index contributed by atoms with van der Waals surface area (Å²) in [5.74, 6) is -0.146. The summed E-state index contributed by atoms with van der Waals surface area (Å²) in [6.07, 6.45) is 2.51. The van der Waals surface area contributed by atoms with E-state index in [1.54, 1.807) is 0 Å². The molecule has 1 aromatic carbocycles. The van der Waals surface area contributed by atoms with Crippen LogP contribution in [0.2, 0.25) is 0 Å². The van der Waals surface area contributed by atoms with Crippen molar-refractivity contribution < 1.29 is 14.3 Å². The molecule has 0 radical (unpaired) electrons. The molecule has 2 aliphatic heterocycles. The Kier molecular flexibility index (Phi) is 4.37. The first-order valence-electron chi connectivity index (χ1n) is 9.15. The van der Waals surface area contributed by atoms with Crippen molar-refractivity contribution in [1.82, 2.24) is 4.90 Å². The lowest BCUT2D eigenvalue weighted by atomic mass is 10.1. The molecular weight excluding hydrogens is 318 g/mol. The summed E-state index contributed by atoms with van der Waals surface area (Å²) < 4.78 is 5.39. The molecule has 134 valence electrons. The lowest BCUT2D eigenvalue weighted by Crippen LogP contribution is -2.36. The molecule has 3 aliphatic rings. The zero-order valence-corrected chi connectivity index (χ0v) is 14.7. The SMILES string of the molecule is Cc1cc(N2CCOCC2)ccc1NC(=O)[C@H]1CC(=O)N(C2CC2)C1. The molecule has 1 aliphatic carbocycles. The summed E-state index contributed by atoms with van der Waals surface area (Å²) in [5.41, 5.74) is 3.04. The average Bonchev–Trinajstić information content (AvgIpc) is 3.39. The van der Waals surface area contributed by atoms with Crippen LogP contribution >= 0.6 is 0 Å². The number of morpholine rings is 1. The lowest BCUT2D eigenvalue weighted by molar-refractivity contribution is -0.128. The van der Waals surface area contributed by atoms with Crippen LogP contribution in [0.15, 0.2) is 18.2 Å². The first-order valence-corrected chi connectivity index (χ1v) is 9.15. The van der Waals surface area contributed by atoms with E-state index in [4.69, 9.17) is 4.74 Å². The zero-order chi connectivity index (χ0) is 17.4. The quantitative estimate of drug-likeness (QED) is 0.905. The van der Waals surface area contributed by atoms with E-state index in [2.05, 4.69) is 16.3 Å². The molecule has 0 spiro atoms. The fraction of sp³-hybridized carbons (Fsp3) is 0.579. The van der Waals surface area contributed by atoms with Gasteiger partial charge in [-0.25, -0.2) is 0 Å². The van der Waals surface area contributed by atoms with Crippen molar-refractivity contribution in [2.24, 2.45) is 5.92 Å². The molecule has 25 heavy (non-hydrogen) atoms. The molecule has 2 heterocycles. The molecule has 1 atom stereocenters. The van der Waals surface area contributed by atoms with E-state index in [0.29, 0.717) is 19.0 Å². The highest BCUT2D eigenvalue weighted by Gasteiger charge is 2.41. The van der Waals surface area contributed by atoms with Gasteiger partial charge in [0, 0.05) is 43.5 Å². The third-order valence-electron chi connectivity index (χ3n) is 5.36. The summed E-state index contributed by atoms with van der Waals surface area (Å²) in [6.45, 7) is 5.88. The fourth-order valence-electron chi connectivity index (χ4n) is 3.69. The van der Waals surface area contributed by atoms with Crippen LogP contribution in [0.4, 0.5) is 11.4 Å². The molecule has 3 fully saturated rings. The minimum Gasteiger partial charge on any atom is -0.378 e. The number of amides is 2. The minimum atomic E-state index is -0.230. The number of carbonyl (C=O) groups is 2. The molecule has 2 amide bonds. The van der Waals surface area contributed by atoms with Crippen LogP contribution in [0.3, 0.4) is 0 Å².